The van der Waals surface area contributed by atoms with Crippen LogP contribution in [0.25, 0.3) is 0 Å². The SMILES string of the molecule is CCCNC1CCC(C)CC1CN1CCCCC1CO. The highest BCUT2D eigenvalue weighted by Gasteiger charge is 2.32. The Bertz CT molecular complexity index is 270. The summed E-state index contributed by atoms with van der Waals surface area (Å²) in [6.07, 6.45) is 9.08. The van der Waals surface area contributed by atoms with Gasteiger partial charge < -0.3 is 10.4 Å². The van der Waals surface area contributed by atoms with E-state index in [-0.39, 0.29) is 0 Å². The van der Waals surface area contributed by atoms with Crippen LogP contribution in [-0.4, -0.2) is 48.3 Å². The number of aliphatic hydroxyl groups excluding tert-OH is 1. The number of hydrogen-bond acceptors (Lipinski definition) is 3. The van der Waals surface area contributed by atoms with Gasteiger partial charge in [-0.15, -0.1) is 0 Å². The summed E-state index contributed by atoms with van der Waals surface area (Å²) in [5.41, 5.74) is 0. The van der Waals surface area contributed by atoms with Crippen LogP contribution in [0.3, 0.4) is 0 Å². The molecule has 0 aromatic carbocycles. The van der Waals surface area contributed by atoms with Crippen LogP contribution in [0, 0.1) is 11.8 Å². The molecule has 0 bridgehead atoms. The van der Waals surface area contributed by atoms with Crippen LogP contribution in [0.2, 0.25) is 0 Å². The molecule has 1 heterocycles. The van der Waals surface area contributed by atoms with Crippen molar-refractivity contribution < 1.29 is 5.11 Å². The molecule has 20 heavy (non-hydrogen) atoms. The minimum atomic E-state index is 0.343. The Morgan fingerprint density at radius 2 is 2.05 bits per heavy atom. The van der Waals surface area contributed by atoms with E-state index in [0.717, 1.165) is 18.4 Å². The Morgan fingerprint density at radius 3 is 2.80 bits per heavy atom. The zero-order valence-electron chi connectivity index (χ0n) is 13.5. The minimum Gasteiger partial charge on any atom is -0.395 e. The van der Waals surface area contributed by atoms with Gasteiger partial charge in [0.15, 0.2) is 0 Å². The number of hydrogen-bond donors (Lipinski definition) is 2. The van der Waals surface area contributed by atoms with Crippen LogP contribution in [0.4, 0.5) is 0 Å². The van der Waals surface area contributed by atoms with Crippen molar-refractivity contribution in [3.63, 3.8) is 0 Å². The van der Waals surface area contributed by atoms with Crippen LogP contribution in [0.15, 0.2) is 0 Å². The molecule has 0 amide bonds. The second kappa shape index (κ2) is 8.35. The summed E-state index contributed by atoms with van der Waals surface area (Å²) >= 11 is 0. The second-order valence-corrected chi connectivity index (χ2v) is 7.07. The van der Waals surface area contributed by atoms with Gasteiger partial charge in [0.2, 0.25) is 0 Å². The molecule has 3 heteroatoms. The lowest BCUT2D eigenvalue weighted by Crippen LogP contribution is -2.50. The van der Waals surface area contributed by atoms with Gasteiger partial charge in [-0.05, 0) is 63.5 Å². The molecule has 1 saturated carbocycles. The molecule has 2 N–H and O–H groups in total. The lowest BCUT2D eigenvalue weighted by atomic mass is 9.78. The van der Waals surface area contributed by atoms with Gasteiger partial charge in [0.05, 0.1) is 6.61 Å². The van der Waals surface area contributed by atoms with Crippen molar-refractivity contribution >= 4 is 0 Å². The third-order valence-corrected chi connectivity index (χ3v) is 5.33. The first kappa shape index (κ1) is 16.3. The van der Waals surface area contributed by atoms with Gasteiger partial charge in [-0.1, -0.05) is 20.3 Å². The van der Waals surface area contributed by atoms with Crippen LogP contribution in [-0.2, 0) is 0 Å². The van der Waals surface area contributed by atoms with E-state index in [9.17, 15) is 5.11 Å². The number of aliphatic hydroxyl groups is 1. The highest BCUT2D eigenvalue weighted by Crippen LogP contribution is 2.31. The van der Waals surface area contributed by atoms with Crippen LogP contribution >= 0.6 is 0 Å². The van der Waals surface area contributed by atoms with Crippen LogP contribution in [0.5, 0.6) is 0 Å². The normalized spacial score (nSPS) is 36.1. The zero-order valence-corrected chi connectivity index (χ0v) is 13.5. The first-order chi connectivity index (χ1) is 9.74. The maximum absolute atomic E-state index is 9.59. The summed E-state index contributed by atoms with van der Waals surface area (Å²) < 4.78 is 0. The molecule has 0 radical (unpaired) electrons. The molecule has 0 aromatic rings. The molecule has 4 unspecified atom stereocenters. The summed E-state index contributed by atoms with van der Waals surface area (Å²) in [5.74, 6) is 1.65. The summed E-state index contributed by atoms with van der Waals surface area (Å²) in [6, 6.07) is 1.13. The van der Waals surface area contributed by atoms with Crippen molar-refractivity contribution in [2.45, 2.75) is 70.9 Å². The number of rotatable bonds is 6. The molecular formula is C17H34N2O. The van der Waals surface area contributed by atoms with Gasteiger partial charge in [0.1, 0.15) is 0 Å². The maximum atomic E-state index is 9.59. The first-order valence-corrected chi connectivity index (χ1v) is 8.82. The van der Waals surface area contributed by atoms with E-state index in [0.29, 0.717) is 18.7 Å². The average molecular weight is 282 g/mol. The molecule has 0 aromatic heterocycles. The average Bonchev–Trinajstić information content (AvgIpc) is 2.47. The molecule has 1 aliphatic carbocycles. The predicted molar refractivity (Wildman–Crippen MR) is 84.9 cm³/mol. The predicted octanol–water partition coefficient (Wildman–Crippen LogP) is 2.64. The molecule has 2 fully saturated rings. The summed E-state index contributed by atoms with van der Waals surface area (Å²) in [4.78, 5) is 2.58. The van der Waals surface area contributed by atoms with Crippen molar-refractivity contribution in [1.29, 1.82) is 0 Å². The Labute approximate surface area is 125 Å². The molecule has 1 saturated heterocycles. The van der Waals surface area contributed by atoms with Crippen molar-refractivity contribution in [2.24, 2.45) is 11.8 Å². The smallest absolute Gasteiger partial charge is 0.0586 e. The van der Waals surface area contributed by atoms with Crippen LogP contribution < -0.4 is 5.32 Å². The van der Waals surface area contributed by atoms with E-state index in [1.165, 1.54) is 58.0 Å². The molecule has 118 valence electrons. The Morgan fingerprint density at radius 1 is 1.20 bits per heavy atom. The summed E-state index contributed by atoms with van der Waals surface area (Å²) in [7, 11) is 0. The van der Waals surface area contributed by atoms with Crippen molar-refractivity contribution in [1.82, 2.24) is 10.2 Å². The van der Waals surface area contributed by atoms with Gasteiger partial charge >= 0.3 is 0 Å². The standard InChI is InChI=1S/C17H34N2O/c1-3-9-18-17-8-7-14(2)11-15(17)12-19-10-5-4-6-16(19)13-20/h14-18,20H,3-13H2,1-2H3. The number of nitrogens with zero attached hydrogens (tertiary/aromatic N) is 1. The van der Waals surface area contributed by atoms with E-state index >= 15 is 0 Å². The monoisotopic (exact) mass is 282 g/mol. The topological polar surface area (TPSA) is 35.5 Å². The fourth-order valence-corrected chi connectivity index (χ4v) is 4.11. The van der Waals surface area contributed by atoms with Gasteiger partial charge in [-0.2, -0.15) is 0 Å². The van der Waals surface area contributed by atoms with E-state index in [4.69, 9.17) is 0 Å². The summed E-state index contributed by atoms with van der Waals surface area (Å²) in [6.45, 7) is 8.53. The minimum absolute atomic E-state index is 0.343. The molecule has 2 rings (SSSR count). The quantitative estimate of drug-likeness (QED) is 0.786. The first-order valence-electron chi connectivity index (χ1n) is 8.82. The highest BCUT2D eigenvalue weighted by atomic mass is 16.3. The van der Waals surface area contributed by atoms with E-state index in [1.54, 1.807) is 0 Å². The maximum Gasteiger partial charge on any atom is 0.0586 e. The summed E-state index contributed by atoms with van der Waals surface area (Å²) in [5, 5.41) is 13.4. The lowest BCUT2D eigenvalue weighted by Gasteiger charge is -2.42. The molecular weight excluding hydrogens is 248 g/mol. The van der Waals surface area contributed by atoms with Crippen molar-refractivity contribution in [3.05, 3.63) is 0 Å². The lowest BCUT2D eigenvalue weighted by molar-refractivity contribution is 0.0562. The Balaban J connectivity index is 1.91. The molecule has 3 nitrogen and oxygen atoms in total. The molecule has 0 spiro atoms. The number of likely N-dealkylation sites (tertiary alicyclic amines) is 1. The van der Waals surface area contributed by atoms with Gasteiger partial charge in [0, 0.05) is 18.6 Å². The molecule has 1 aliphatic heterocycles. The number of nitrogens with one attached hydrogen (secondary N) is 1. The molecule has 2 aliphatic rings. The third kappa shape index (κ3) is 4.44. The number of piperidine rings is 1. The van der Waals surface area contributed by atoms with E-state index in [2.05, 4.69) is 24.1 Å². The van der Waals surface area contributed by atoms with Crippen LogP contribution in [0.1, 0.15) is 58.8 Å². The van der Waals surface area contributed by atoms with Gasteiger partial charge in [-0.3, -0.25) is 4.90 Å². The van der Waals surface area contributed by atoms with E-state index in [1.807, 2.05) is 0 Å². The van der Waals surface area contributed by atoms with Crippen molar-refractivity contribution in [3.8, 4) is 0 Å². The Kier molecular flexibility index (Phi) is 6.79. The fourth-order valence-electron chi connectivity index (χ4n) is 4.11. The fraction of sp³-hybridized carbons (Fsp3) is 1.00. The Hall–Kier alpha value is -0.120. The van der Waals surface area contributed by atoms with Gasteiger partial charge in [0.25, 0.3) is 0 Å². The zero-order chi connectivity index (χ0) is 14.4. The second-order valence-electron chi connectivity index (χ2n) is 7.07. The van der Waals surface area contributed by atoms with E-state index < -0.39 is 0 Å². The molecule has 4 atom stereocenters. The largest absolute Gasteiger partial charge is 0.395 e. The van der Waals surface area contributed by atoms with Gasteiger partial charge in [-0.25, -0.2) is 0 Å². The van der Waals surface area contributed by atoms with Crippen molar-refractivity contribution in [2.75, 3.05) is 26.2 Å². The highest BCUT2D eigenvalue weighted by molar-refractivity contribution is 4.88. The third-order valence-electron chi connectivity index (χ3n) is 5.33.